The van der Waals surface area contributed by atoms with Gasteiger partial charge in [-0.2, -0.15) is 0 Å². The maximum absolute atomic E-state index is 5.13. The molecule has 0 spiro atoms. The Morgan fingerprint density at radius 3 is 2.81 bits per heavy atom. The van der Waals surface area contributed by atoms with E-state index >= 15 is 0 Å². The molecule has 0 saturated carbocycles. The van der Waals surface area contributed by atoms with Gasteiger partial charge in [0.1, 0.15) is 12.1 Å². The maximum atomic E-state index is 5.13. The summed E-state index contributed by atoms with van der Waals surface area (Å²) in [5, 5.41) is 0. The van der Waals surface area contributed by atoms with Gasteiger partial charge in [0, 0.05) is 26.4 Å². The summed E-state index contributed by atoms with van der Waals surface area (Å²) >= 11 is 2.27. The lowest BCUT2D eigenvalue weighted by Gasteiger charge is -2.25. The Kier molecular flexibility index (Phi) is 5.97. The molecule has 1 aromatic heterocycles. The summed E-state index contributed by atoms with van der Waals surface area (Å²) in [6.07, 6.45) is 3.43. The van der Waals surface area contributed by atoms with E-state index in [4.69, 9.17) is 4.74 Å². The SMILES string of the molecule is COCCN(CC(C)C)c1ncncc1I. The summed E-state index contributed by atoms with van der Waals surface area (Å²) in [5.41, 5.74) is 0. The van der Waals surface area contributed by atoms with Crippen molar-refractivity contribution < 1.29 is 4.74 Å². The first-order valence-corrected chi connectivity index (χ1v) is 6.42. The zero-order valence-electron chi connectivity index (χ0n) is 9.98. The van der Waals surface area contributed by atoms with Crippen molar-refractivity contribution in [3.8, 4) is 0 Å². The first kappa shape index (κ1) is 13.6. The molecule has 5 heteroatoms. The fourth-order valence-electron chi connectivity index (χ4n) is 1.46. The van der Waals surface area contributed by atoms with Gasteiger partial charge in [-0.15, -0.1) is 0 Å². The highest BCUT2D eigenvalue weighted by Crippen LogP contribution is 2.18. The van der Waals surface area contributed by atoms with Crippen LogP contribution in [0.4, 0.5) is 5.82 Å². The Bertz CT molecular complexity index is 320. The van der Waals surface area contributed by atoms with Crippen molar-refractivity contribution in [2.45, 2.75) is 13.8 Å². The average molecular weight is 335 g/mol. The van der Waals surface area contributed by atoms with Gasteiger partial charge in [-0.25, -0.2) is 9.97 Å². The van der Waals surface area contributed by atoms with Crippen LogP contribution in [-0.2, 0) is 4.74 Å². The van der Waals surface area contributed by atoms with Gasteiger partial charge in [-0.3, -0.25) is 0 Å². The molecule has 0 fully saturated rings. The van der Waals surface area contributed by atoms with E-state index in [0.29, 0.717) is 12.5 Å². The Balaban J connectivity index is 2.78. The fourth-order valence-corrected chi connectivity index (χ4v) is 2.11. The van der Waals surface area contributed by atoms with E-state index < -0.39 is 0 Å². The molecule has 0 bridgehead atoms. The highest BCUT2D eigenvalue weighted by atomic mass is 127. The van der Waals surface area contributed by atoms with E-state index in [1.807, 2.05) is 6.20 Å². The summed E-state index contributed by atoms with van der Waals surface area (Å²) in [6, 6.07) is 0. The first-order chi connectivity index (χ1) is 7.65. The molecule has 0 aliphatic rings. The van der Waals surface area contributed by atoms with Crippen molar-refractivity contribution in [3.05, 3.63) is 16.1 Å². The molecule has 16 heavy (non-hydrogen) atoms. The molecule has 0 saturated heterocycles. The number of rotatable bonds is 6. The summed E-state index contributed by atoms with van der Waals surface area (Å²) in [5.74, 6) is 1.60. The molecule has 0 radical (unpaired) electrons. The second-order valence-electron chi connectivity index (χ2n) is 4.03. The zero-order valence-corrected chi connectivity index (χ0v) is 12.1. The topological polar surface area (TPSA) is 38.2 Å². The van der Waals surface area contributed by atoms with E-state index in [2.05, 4.69) is 51.3 Å². The third-order valence-electron chi connectivity index (χ3n) is 2.10. The minimum absolute atomic E-state index is 0.600. The molecular weight excluding hydrogens is 317 g/mol. The zero-order chi connectivity index (χ0) is 12.0. The van der Waals surface area contributed by atoms with Crippen LogP contribution in [0.15, 0.2) is 12.5 Å². The van der Waals surface area contributed by atoms with E-state index in [1.165, 1.54) is 0 Å². The van der Waals surface area contributed by atoms with Crippen LogP contribution in [0.25, 0.3) is 0 Å². The highest BCUT2D eigenvalue weighted by Gasteiger charge is 2.12. The molecule has 0 amide bonds. The Labute approximate surface area is 111 Å². The van der Waals surface area contributed by atoms with Crippen LogP contribution in [0.1, 0.15) is 13.8 Å². The number of methoxy groups -OCH3 is 1. The van der Waals surface area contributed by atoms with Gasteiger partial charge in [-0.05, 0) is 28.5 Å². The van der Waals surface area contributed by atoms with Crippen molar-refractivity contribution in [2.75, 3.05) is 31.7 Å². The second-order valence-corrected chi connectivity index (χ2v) is 5.19. The van der Waals surface area contributed by atoms with Gasteiger partial charge >= 0.3 is 0 Å². The number of anilines is 1. The summed E-state index contributed by atoms with van der Waals surface area (Å²) in [4.78, 5) is 10.6. The third-order valence-corrected chi connectivity index (χ3v) is 2.86. The standard InChI is InChI=1S/C11H18IN3O/c1-9(2)7-15(4-5-16-3)11-10(12)6-13-8-14-11/h6,8-9H,4-5,7H2,1-3H3. The van der Waals surface area contributed by atoms with Crippen LogP contribution in [-0.4, -0.2) is 36.8 Å². The monoisotopic (exact) mass is 335 g/mol. The van der Waals surface area contributed by atoms with Crippen molar-refractivity contribution in [3.63, 3.8) is 0 Å². The average Bonchev–Trinajstić information content (AvgIpc) is 2.24. The molecule has 0 aliphatic heterocycles. The summed E-state index contributed by atoms with van der Waals surface area (Å²) < 4.78 is 6.21. The molecule has 4 nitrogen and oxygen atoms in total. The molecule has 0 unspecified atom stereocenters. The van der Waals surface area contributed by atoms with Gasteiger partial charge < -0.3 is 9.64 Å². The van der Waals surface area contributed by atoms with Gasteiger partial charge in [0.2, 0.25) is 0 Å². The lowest BCUT2D eigenvalue weighted by Crippen LogP contribution is -2.32. The van der Waals surface area contributed by atoms with Crippen LogP contribution < -0.4 is 4.90 Å². The number of ether oxygens (including phenoxy) is 1. The predicted octanol–water partition coefficient (Wildman–Crippen LogP) is 2.19. The van der Waals surface area contributed by atoms with Crippen LogP contribution in [0, 0.1) is 9.49 Å². The lowest BCUT2D eigenvalue weighted by atomic mass is 10.2. The Morgan fingerprint density at radius 1 is 1.50 bits per heavy atom. The lowest BCUT2D eigenvalue weighted by molar-refractivity contribution is 0.204. The fraction of sp³-hybridized carbons (Fsp3) is 0.636. The first-order valence-electron chi connectivity index (χ1n) is 5.34. The number of halogens is 1. The quantitative estimate of drug-likeness (QED) is 0.747. The normalized spacial score (nSPS) is 10.8. The minimum atomic E-state index is 0.600. The van der Waals surface area contributed by atoms with Crippen LogP contribution in [0.5, 0.6) is 0 Å². The smallest absolute Gasteiger partial charge is 0.145 e. The van der Waals surface area contributed by atoms with E-state index in [0.717, 1.165) is 22.5 Å². The minimum Gasteiger partial charge on any atom is -0.383 e. The van der Waals surface area contributed by atoms with E-state index in [1.54, 1.807) is 13.4 Å². The molecule has 1 aromatic rings. The number of nitrogens with zero attached hydrogens (tertiary/aromatic N) is 3. The van der Waals surface area contributed by atoms with E-state index in [9.17, 15) is 0 Å². The predicted molar refractivity (Wildman–Crippen MR) is 73.7 cm³/mol. The van der Waals surface area contributed by atoms with Crippen molar-refractivity contribution in [2.24, 2.45) is 5.92 Å². The number of hydrogen-bond acceptors (Lipinski definition) is 4. The summed E-state index contributed by atoms with van der Waals surface area (Å²) in [6.45, 7) is 6.96. The maximum Gasteiger partial charge on any atom is 0.145 e. The number of hydrogen-bond donors (Lipinski definition) is 0. The van der Waals surface area contributed by atoms with Crippen molar-refractivity contribution >= 4 is 28.4 Å². The third kappa shape index (κ3) is 4.21. The molecule has 0 aromatic carbocycles. The van der Waals surface area contributed by atoms with Gasteiger partial charge in [0.05, 0.1) is 10.2 Å². The molecular formula is C11H18IN3O. The molecule has 90 valence electrons. The van der Waals surface area contributed by atoms with Crippen LogP contribution in [0.3, 0.4) is 0 Å². The van der Waals surface area contributed by atoms with Gasteiger partial charge in [-0.1, -0.05) is 13.8 Å². The van der Waals surface area contributed by atoms with Gasteiger partial charge in [0.15, 0.2) is 0 Å². The summed E-state index contributed by atoms with van der Waals surface area (Å²) in [7, 11) is 1.72. The largest absolute Gasteiger partial charge is 0.383 e. The molecule has 1 heterocycles. The van der Waals surface area contributed by atoms with Crippen LogP contribution in [0.2, 0.25) is 0 Å². The molecule has 0 atom stereocenters. The van der Waals surface area contributed by atoms with Crippen LogP contribution >= 0.6 is 22.6 Å². The van der Waals surface area contributed by atoms with E-state index in [-0.39, 0.29) is 0 Å². The van der Waals surface area contributed by atoms with Gasteiger partial charge in [0.25, 0.3) is 0 Å². The Hall–Kier alpha value is -0.430. The van der Waals surface area contributed by atoms with Crippen molar-refractivity contribution in [1.29, 1.82) is 0 Å². The number of aromatic nitrogens is 2. The molecule has 0 aliphatic carbocycles. The Morgan fingerprint density at radius 2 is 2.25 bits per heavy atom. The molecule has 1 rings (SSSR count). The highest BCUT2D eigenvalue weighted by molar-refractivity contribution is 14.1. The molecule has 0 N–H and O–H groups in total. The van der Waals surface area contributed by atoms with Crippen molar-refractivity contribution in [1.82, 2.24) is 9.97 Å². The second kappa shape index (κ2) is 7.01.